The number of nitrogens with zero attached hydrogens (tertiary/aromatic N) is 4. The predicted octanol–water partition coefficient (Wildman–Crippen LogP) is 4.03. The number of hydrogen-bond acceptors (Lipinski definition) is 9. The van der Waals surface area contributed by atoms with Crippen molar-refractivity contribution >= 4 is 59.4 Å². The molecule has 0 bridgehead atoms. The lowest BCUT2D eigenvalue weighted by Crippen LogP contribution is -2.31. The number of aromatic nitrogens is 4. The highest BCUT2D eigenvalue weighted by atomic mass is 35.5. The summed E-state index contributed by atoms with van der Waals surface area (Å²) in [4.78, 5) is 27.1. The molecule has 0 spiro atoms. The van der Waals surface area contributed by atoms with Crippen LogP contribution >= 0.6 is 42.6 Å². The van der Waals surface area contributed by atoms with Gasteiger partial charge in [0.15, 0.2) is 17.7 Å². The molecule has 0 aliphatic carbocycles. The molecule has 15 heteroatoms. The molecule has 194 valence electrons. The van der Waals surface area contributed by atoms with Crippen LogP contribution in [0, 0.1) is 0 Å². The Morgan fingerprint density at radius 2 is 1.94 bits per heavy atom. The number of ether oxygens (including phenoxy) is 3. The lowest BCUT2D eigenvalue weighted by Gasteiger charge is -2.24. The van der Waals surface area contributed by atoms with Crippen LogP contribution in [0.2, 0.25) is 10.3 Å². The van der Waals surface area contributed by atoms with Crippen LogP contribution in [0.5, 0.6) is 0 Å². The quantitative estimate of drug-likeness (QED) is 0.264. The van der Waals surface area contributed by atoms with Gasteiger partial charge in [0.2, 0.25) is 5.28 Å². The summed E-state index contributed by atoms with van der Waals surface area (Å²) in [5, 5.41) is 9.05. The van der Waals surface area contributed by atoms with Gasteiger partial charge in [-0.3, -0.25) is 4.57 Å². The molecule has 0 saturated carbocycles. The van der Waals surface area contributed by atoms with Crippen LogP contribution < -0.4 is 5.32 Å². The van der Waals surface area contributed by atoms with Gasteiger partial charge in [0, 0.05) is 17.3 Å². The third-order valence-electron chi connectivity index (χ3n) is 5.74. The highest BCUT2D eigenvalue weighted by Gasteiger charge is 2.56. The molecule has 4 atom stereocenters. The van der Waals surface area contributed by atoms with Gasteiger partial charge in [-0.25, -0.2) is 4.68 Å². The first-order valence-electron chi connectivity index (χ1n) is 11.0. The van der Waals surface area contributed by atoms with Crippen LogP contribution in [0.25, 0.3) is 11.0 Å². The van der Waals surface area contributed by atoms with Crippen molar-refractivity contribution in [3.8, 4) is 0 Å². The highest BCUT2D eigenvalue weighted by Crippen LogP contribution is 2.46. The number of anilines is 1. The second kappa shape index (κ2) is 10.0. The van der Waals surface area contributed by atoms with Gasteiger partial charge in [-0.15, -0.1) is 11.8 Å². The number of nitrogens with one attached hydrogen (secondary N) is 1. The van der Waals surface area contributed by atoms with Gasteiger partial charge in [0.05, 0.1) is 23.2 Å². The molecule has 11 nitrogen and oxygen atoms in total. The zero-order valence-corrected chi connectivity index (χ0v) is 22.5. The van der Waals surface area contributed by atoms with Crippen molar-refractivity contribution in [2.45, 2.75) is 50.7 Å². The fraction of sp³-hybridized carbons (Fsp3) is 0.476. The summed E-state index contributed by atoms with van der Waals surface area (Å²) in [5.41, 5.74) is 1.02. The van der Waals surface area contributed by atoms with Crippen molar-refractivity contribution in [1.82, 2.24) is 19.7 Å². The molecular formula is C21H24Cl2N5O6PS. The summed E-state index contributed by atoms with van der Waals surface area (Å²) >= 11 is 13.6. The largest absolute Gasteiger partial charge is 0.365 e. The number of hydrogen-bond donors (Lipinski definition) is 3. The van der Waals surface area contributed by atoms with E-state index in [2.05, 4.69) is 20.4 Å². The molecule has 2 aliphatic rings. The predicted molar refractivity (Wildman–Crippen MR) is 136 cm³/mol. The third kappa shape index (κ3) is 5.52. The first kappa shape index (κ1) is 26.1. The third-order valence-corrected chi connectivity index (χ3v) is 8.92. The van der Waals surface area contributed by atoms with Crippen LogP contribution in [0.4, 0.5) is 5.82 Å². The second-order valence-corrected chi connectivity index (χ2v) is 12.8. The SMILES string of the molecule is CC1(C)O[C@@H]2[C@H](O1)[C@@H](CSCP(=O)(O)O)O[C@H]2n1ncc2c(NCc3ccccc3Cl)nc(Cl)nc21. The number of halogens is 2. The Bertz CT molecular complexity index is 1320. The van der Waals surface area contributed by atoms with E-state index in [4.69, 9.17) is 37.4 Å². The second-order valence-electron chi connectivity index (χ2n) is 8.91. The Hall–Kier alpha value is -1.47. The molecule has 0 unspecified atom stereocenters. The van der Waals surface area contributed by atoms with Gasteiger partial charge in [-0.05, 0) is 37.1 Å². The first-order valence-corrected chi connectivity index (χ1v) is 14.7. The first-order chi connectivity index (χ1) is 17.0. The van der Waals surface area contributed by atoms with Crippen molar-refractivity contribution < 1.29 is 28.6 Å². The van der Waals surface area contributed by atoms with Crippen molar-refractivity contribution in [2.24, 2.45) is 0 Å². The molecule has 3 aromatic rings. The molecule has 2 aromatic heterocycles. The van der Waals surface area contributed by atoms with E-state index in [1.165, 1.54) is 0 Å². The van der Waals surface area contributed by atoms with Crippen LogP contribution in [-0.4, -0.2) is 64.9 Å². The van der Waals surface area contributed by atoms with Crippen molar-refractivity contribution in [1.29, 1.82) is 0 Å². The molecule has 36 heavy (non-hydrogen) atoms. The van der Waals surface area contributed by atoms with E-state index in [0.717, 1.165) is 17.3 Å². The molecule has 3 N–H and O–H groups in total. The minimum absolute atomic E-state index is 0.0260. The van der Waals surface area contributed by atoms with Crippen molar-refractivity contribution in [2.75, 3.05) is 16.6 Å². The summed E-state index contributed by atoms with van der Waals surface area (Å²) < 4.78 is 31.3. The maximum atomic E-state index is 11.3. The van der Waals surface area contributed by atoms with Gasteiger partial charge in [0.1, 0.15) is 18.0 Å². The zero-order valence-electron chi connectivity index (χ0n) is 19.2. The Morgan fingerprint density at radius 3 is 2.69 bits per heavy atom. The summed E-state index contributed by atoms with van der Waals surface area (Å²) in [5.74, 6) is -0.0637. The standard InChI is InChI=1S/C21H24Cl2N5O6PS/c1-21(2)33-15-14(9-36-10-35(29,30)31)32-19(16(15)34-21)28-18-12(8-25-28)17(26-20(23)27-18)24-7-11-5-3-4-6-13(11)22/h3-6,8,14-16,19H,7,9-10H2,1-2H3,(H,24,26,27)(H2,29,30,31)/t14-,15-,16-,19-/m1/s1. The molecule has 4 heterocycles. The monoisotopic (exact) mass is 575 g/mol. The Balaban J connectivity index is 1.42. The van der Waals surface area contributed by atoms with E-state index in [9.17, 15) is 14.4 Å². The van der Waals surface area contributed by atoms with Gasteiger partial charge >= 0.3 is 7.60 Å². The van der Waals surface area contributed by atoms with Crippen LogP contribution in [0.15, 0.2) is 30.5 Å². The highest BCUT2D eigenvalue weighted by molar-refractivity contribution is 8.04. The summed E-state index contributed by atoms with van der Waals surface area (Å²) in [6, 6.07) is 7.48. The van der Waals surface area contributed by atoms with Gasteiger partial charge in [0.25, 0.3) is 0 Å². The molecule has 2 aliphatic heterocycles. The lowest BCUT2D eigenvalue weighted by molar-refractivity contribution is -0.195. The minimum atomic E-state index is -4.14. The average Bonchev–Trinajstić information content (AvgIpc) is 3.43. The number of benzene rings is 1. The molecule has 1 aromatic carbocycles. The summed E-state index contributed by atoms with van der Waals surface area (Å²) in [6.07, 6.45) is -0.527. The number of thioether (sulfide) groups is 1. The maximum absolute atomic E-state index is 11.3. The molecule has 5 rings (SSSR count). The zero-order chi connectivity index (χ0) is 25.7. The van der Waals surface area contributed by atoms with Crippen LogP contribution in [-0.2, 0) is 25.3 Å². The number of fused-ring (bicyclic) bond motifs is 2. The molecule has 0 amide bonds. The minimum Gasteiger partial charge on any atom is -0.365 e. The molecule has 0 radical (unpaired) electrons. The van der Waals surface area contributed by atoms with Crippen LogP contribution in [0.3, 0.4) is 0 Å². The molecule has 2 fully saturated rings. The number of rotatable bonds is 8. The van der Waals surface area contributed by atoms with Gasteiger partial charge < -0.3 is 29.3 Å². The van der Waals surface area contributed by atoms with Gasteiger partial charge in [-0.1, -0.05) is 29.8 Å². The Morgan fingerprint density at radius 1 is 1.19 bits per heavy atom. The molecular weight excluding hydrogens is 552 g/mol. The van der Waals surface area contributed by atoms with E-state index in [-0.39, 0.29) is 10.8 Å². The topological polar surface area (TPSA) is 141 Å². The average molecular weight is 576 g/mol. The van der Waals surface area contributed by atoms with Gasteiger partial charge in [-0.2, -0.15) is 15.1 Å². The normalized spacial score (nSPS) is 25.4. The van der Waals surface area contributed by atoms with E-state index in [1.54, 1.807) is 24.7 Å². The fourth-order valence-electron chi connectivity index (χ4n) is 4.32. The summed E-state index contributed by atoms with van der Waals surface area (Å²) in [7, 11) is -4.14. The van der Waals surface area contributed by atoms with E-state index in [1.807, 2.05) is 24.3 Å². The van der Waals surface area contributed by atoms with E-state index >= 15 is 0 Å². The van der Waals surface area contributed by atoms with E-state index in [0.29, 0.717) is 34.2 Å². The lowest BCUT2D eigenvalue weighted by atomic mass is 10.1. The van der Waals surface area contributed by atoms with Crippen molar-refractivity contribution in [3.05, 3.63) is 46.3 Å². The Labute approximate surface area is 221 Å². The summed E-state index contributed by atoms with van der Waals surface area (Å²) in [6.45, 7) is 4.03. The Kier molecular flexibility index (Phi) is 7.27. The molecule has 2 saturated heterocycles. The smallest absolute Gasteiger partial charge is 0.335 e. The maximum Gasteiger partial charge on any atom is 0.335 e. The van der Waals surface area contributed by atoms with Crippen molar-refractivity contribution in [3.63, 3.8) is 0 Å². The fourth-order valence-corrected chi connectivity index (χ4v) is 6.56. The van der Waals surface area contributed by atoms with E-state index < -0.39 is 37.9 Å². The van der Waals surface area contributed by atoms with Crippen LogP contribution in [0.1, 0.15) is 25.6 Å².